The zero-order chi connectivity index (χ0) is 13.3. The molecule has 1 fully saturated rings. The largest absolute Gasteiger partial charge is 0.381 e. The van der Waals surface area contributed by atoms with Crippen LogP contribution in [0.2, 0.25) is 0 Å². The summed E-state index contributed by atoms with van der Waals surface area (Å²) >= 11 is 0. The summed E-state index contributed by atoms with van der Waals surface area (Å²) in [5.74, 6) is 0. The van der Waals surface area contributed by atoms with Gasteiger partial charge in [-0.25, -0.2) is 0 Å². The molecule has 0 radical (unpaired) electrons. The van der Waals surface area contributed by atoms with E-state index in [0.29, 0.717) is 12.1 Å². The molecule has 1 aromatic rings. The second-order valence-electron chi connectivity index (χ2n) is 6.66. The van der Waals surface area contributed by atoms with Crippen LogP contribution in [0, 0.1) is 0 Å². The Morgan fingerprint density at radius 3 is 2.44 bits per heavy atom. The van der Waals surface area contributed by atoms with Crippen molar-refractivity contribution in [1.82, 2.24) is 4.90 Å². The molecule has 0 saturated carbocycles. The molecule has 1 N–H and O–H groups in total. The third-order valence-corrected chi connectivity index (χ3v) is 3.98. The Kier molecular flexibility index (Phi) is 3.67. The minimum absolute atomic E-state index is 0.194. The van der Waals surface area contributed by atoms with Gasteiger partial charge in [0.25, 0.3) is 0 Å². The van der Waals surface area contributed by atoms with Gasteiger partial charge in [0.15, 0.2) is 0 Å². The Balaban J connectivity index is 2.15. The van der Waals surface area contributed by atoms with E-state index in [-0.39, 0.29) is 5.41 Å². The molecule has 18 heavy (non-hydrogen) atoms. The fraction of sp³-hybridized carbons (Fsp3) is 0.625. The van der Waals surface area contributed by atoms with Crippen LogP contribution in [0.5, 0.6) is 0 Å². The fourth-order valence-electron chi connectivity index (χ4n) is 2.78. The number of likely N-dealkylation sites (tertiary alicyclic amines) is 1. The smallest absolute Gasteiger partial charge is 0.0403 e. The van der Waals surface area contributed by atoms with Crippen LogP contribution >= 0.6 is 0 Å². The summed E-state index contributed by atoms with van der Waals surface area (Å²) in [6, 6.07) is 9.97. The number of hydrogen-bond acceptors (Lipinski definition) is 2. The van der Waals surface area contributed by atoms with Crippen LogP contribution in [0.15, 0.2) is 24.3 Å². The van der Waals surface area contributed by atoms with E-state index in [4.69, 9.17) is 0 Å². The molecule has 1 aliphatic heterocycles. The number of anilines is 1. The zero-order valence-electron chi connectivity index (χ0n) is 12.3. The predicted molar refractivity (Wildman–Crippen MR) is 79.3 cm³/mol. The normalized spacial score (nSPS) is 25.4. The van der Waals surface area contributed by atoms with Gasteiger partial charge < -0.3 is 10.2 Å². The van der Waals surface area contributed by atoms with Crippen LogP contribution in [-0.4, -0.2) is 30.6 Å². The molecule has 2 nitrogen and oxygen atoms in total. The van der Waals surface area contributed by atoms with Crippen LogP contribution in [0.4, 0.5) is 5.69 Å². The van der Waals surface area contributed by atoms with Gasteiger partial charge in [-0.05, 0) is 37.4 Å². The molecule has 2 heteroatoms. The Morgan fingerprint density at radius 1 is 1.22 bits per heavy atom. The van der Waals surface area contributed by atoms with Crippen molar-refractivity contribution in [2.45, 2.75) is 51.6 Å². The molecule has 0 aromatic heterocycles. The molecule has 1 saturated heterocycles. The highest BCUT2D eigenvalue weighted by Gasteiger charge is 2.27. The molecule has 0 aliphatic carbocycles. The monoisotopic (exact) mass is 246 g/mol. The van der Waals surface area contributed by atoms with Crippen molar-refractivity contribution in [1.29, 1.82) is 0 Å². The first kappa shape index (κ1) is 13.4. The summed E-state index contributed by atoms with van der Waals surface area (Å²) in [5.41, 5.74) is 2.91. The van der Waals surface area contributed by atoms with Crippen molar-refractivity contribution in [2.75, 3.05) is 18.9 Å². The Bertz CT molecular complexity index is 396. The summed E-state index contributed by atoms with van der Waals surface area (Å²) in [6.07, 6.45) is 1.23. The van der Waals surface area contributed by atoms with Gasteiger partial charge >= 0.3 is 0 Å². The van der Waals surface area contributed by atoms with E-state index in [1.54, 1.807) is 0 Å². The van der Waals surface area contributed by atoms with Crippen LogP contribution in [0.3, 0.4) is 0 Å². The maximum atomic E-state index is 3.74. The summed E-state index contributed by atoms with van der Waals surface area (Å²) in [7, 11) is 2.21. The first-order valence-electron chi connectivity index (χ1n) is 6.94. The third kappa shape index (κ3) is 2.86. The lowest BCUT2D eigenvalue weighted by Crippen LogP contribution is -2.26. The van der Waals surface area contributed by atoms with Gasteiger partial charge in [0, 0.05) is 24.3 Å². The molecular weight excluding hydrogens is 220 g/mol. The average Bonchev–Trinajstić information content (AvgIpc) is 2.57. The van der Waals surface area contributed by atoms with E-state index in [0.717, 1.165) is 6.54 Å². The van der Waals surface area contributed by atoms with E-state index < -0.39 is 0 Å². The summed E-state index contributed by atoms with van der Waals surface area (Å²) in [5, 5.41) is 3.74. The lowest BCUT2D eigenvalue weighted by atomic mass is 9.85. The second-order valence-corrected chi connectivity index (χ2v) is 6.66. The van der Waals surface area contributed by atoms with E-state index in [1.165, 1.54) is 17.7 Å². The minimum Gasteiger partial charge on any atom is -0.381 e. The molecule has 0 bridgehead atoms. The number of nitrogens with zero attached hydrogens (tertiary/aromatic N) is 1. The molecule has 2 atom stereocenters. The Labute approximate surface area is 111 Å². The van der Waals surface area contributed by atoms with Crippen molar-refractivity contribution in [2.24, 2.45) is 0 Å². The van der Waals surface area contributed by atoms with Crippen molar-refractivity contribution in [3.63, 3.8) is 0 Å². The first-order chi connectivity index (χ1) is 8.38. The molecule has 2 unspecified atom stereocenters. The van der Waals surface area contributed by atoms with Gasteiger partial charge in [-0.3, -0.25) is 0 Å². The highest BCUT2D eigenvalue weighted by molar-refractivity contribution is 5.54. The third-order valence-electron chi connectivity index (χ3n) is 3.98. The Morgan fingerprint density at radius 2 is 1.89 bits per heavy atom. The van der Waals surface area contributed by atoms with Gasteiger partial charge in [-0.1, -0.05) is 39.0 Å². The zero-order valence-corrected chi connectivity index (χ0v) is 12.3. The molecule has 2 rings (SSSR count). The van der Waals surface area contributed by atoms with Crippen LogP contribution in [-0.2, 0) is 5.41 Å². The molecule has 1 heterocycles. The van der Waals surface area contributed by atoms with E-state index in [1.807, 2.05) is 0 Å². The topological polar surface area (TPSA) is 15.3 Å². The van der Waals surface area contributed by atoms with Crippen molar-refractivity contribution >= 4 is 5.69 Å². The summed E-state index contributed by atoms with van der Waals surface area (Å²) in [4.78, 5) is 2.43. The predicted octanol–water partition coefficient (Wildman–Crippen LogP) is 3.49. The fourth-order valence-corrected chi connectivity index (χ4v) is 2.78. The number of nitrogens with one attached hydrogen (secondary N) is 1. The second kappa shape index (κ2) is 4.93. The highest BCUT2D eigenvalue weighted by atomic mass is 15.2. The lowest BCUT2D eigenvalue weighted by molar-refractivity contribution is 0.330. The molecule has 1 aromatic carbocycles. The quantitative estimate of drug-likeness (QED) is 0.859. The molecule has 0 spiro atoms. The van der Waals surface area contributed by atoms with Gasteiger partial charge in [0.1, 0.15) is 0 Å². The molecule has 100 valence electrons. The van der Waals surface area contributed by atoms with Crippen molar-refractivity contribution in [3.8, 4) is 0 Å². The minimum atomic E-state index is 0.194. The van der Waals surface area contributed by atoms with Crippen LogP contribution in [0.1, 0.15) is 39.7 Å². The molecular formula is C16H26N2. The average molecular weight is 246 g/mol. The number of likely N-dealkylation sites (N-methyl/N-ethyl adjacent to an activating group) is 1. The van der Waals surface area contributed by atoms with Crippen LogP contribution < -0.4 is 5.32 Å². The van der Waals surface area contributed by atoms with Crippen LogP contribution in [0.25, 0.3) is 0 Å². The standard InChI is InChI=1S/C16H26N2/c1-12-10-13(11-18(12)5)17-15-9-7-6-8-14(15)16(2,3)4/h6-9,12-13,17H,10-11H2,1-5H3. The number of rotatable bonds is 2. The summed E-state index contributed by atoms with van der Waals surface area (Å²) < 4.78 is 0. The van der Waals surface area contributed by atoms with Crippen molar-refractivity contribution in [3.05, 3.63) is 29.8 Å². The highest BCUT2D eigenvalue weighted by Crippen LogP contribution is 2.30. The van der Waals surface area contributed by atoms with E-state index in [2.05, 4.69) is 69.2 Å². The van der Waals surface area contributed by atoms with Gasteiger partial charge in [0.05, 0.1) is 0 Å². The molecule has 1 aliphatic rings. The lowest BCUT2D eigenvalue weighted by Gasteiger charge is -2.25. The van der Waals surface area contributed by atoms with Crippen molar-refractivity contribution < 1.29 is 0 Å². The van der Waals surface area contributed by atoms with Gasteiger partial charge in [-0.15, -0.1) is 0 Å². The maximum absolute atomic E-state index is 3.74. The SMILES string of the molecule is CC1CC(Nc2ccccc2C(C)(C)C)CN1C. The van der Waals surface area contributed by atoms with E-state index >= 15 is 0 Å². The summed E-state index contributed by atoms with van der Waals surface area (Å²) in [6.45, 7) is 10.3. The maximum Gasteiger partial charge on any atom is 0.0403 e. The number of para-hydroxylation sites is 1. The Hall–Kier alpha value is -1.02. The van der Waals surface area contributed by atoms with E-state index in [9.17, 15) is 0 Å². The number of hydrogen-bond donors (Lipinski definition) is 1. The first-order valence-corrected chi connectivity index (χ1v) is 6.94. The molecule has 0 amide bonds. The van der Waals surface area contributed by atoms with Gasteiger partial charge in [0.2, 0.25) is 0 Å². The number of benzene rings is 1. The van der Waals surface area contributed by atoms with Gasteiger partial charge in [-0.2, -0.15) is 0 Å².